The molecule has 2 nitrogen and oxygen atoms in total. The van der Waals surface area contributed by atoms with Crippen molar-refractivity contribution in [2.75, 3.05) is 13.2 Å². The van der Waals surface area contributed by atoms with Crippen molar-refractivity contribution in [1.82, 2.24) is 4.90 Å². The van der Waals surface area contributed by atoms with E-state index in [9.17, 15) is 8.78 Å². The van der Waals surface area contributed by atoms with E-state index in [2.05, 4.69) is 4.90 Å². The van der Waals surface area contributed by atoms with Crippen molar-refractivity contribution in [2.45, 2.75) is 38.3 Å². The van der Waals surface area contributed by atoms with Crippen LogP contribution in [0.15, 0.2) is 18.2 Å². The Bertz CT molecular complexity index is 375. The van der Waals surface area contributed by atoms with Crippen molar-refractivity contribution in [1.29, 1.82) is 0 Å². The Hall–Kier alpha value is -1.00. The van der Waals surface area contributed by atoms with Crippen LogP contribution in [0.25, 0.3) is 0 Å². The summed E-state index contributed by atoms with van der Waals surface area (Å²) in [4.78, 5) is 2.22. The molecule has 1 aromatic carbocycles. The first kappa shape index (κ1) is 13.4. The maximum absolute atomic E-state index is 13.1. The van der Waals surface area contributed by atoms with Crippen molar-refractivity contribution in [3.8, 4) is 0 Å². The summed E-state index contributed by atoms with van der Waals surface area (Å²) < 4.78 is 26.3. The van der Waals surface area contributed by atoms with Gasteiger partial charge in [0.25, 0.3) is 0 Å². The second-order valence-electron chi connectivity index (χ2n) is 4.91. The van der Waals surface area contributed by atoms with Gasteiger partial charge in [0.05, 0.1) is 0 Å². The van der Waals surface area contributed by atoms with Crippen LogP contribution < -0.4 is 0 Å². The van der Waals surface area contributed by atoms with Gasteiger partial charge in [-0.15, -0.1) is 0 Å². The standard InChI is InChI=1S/C14H19F2NO/c15-12-7-11(8-13(16)9-12)10-17-5-2-1-3-14(17)4-6-18/h7-9,14,18H,1-6,10H2. The van der Waals surface area contributed by atoms with Crippen molar-refractivity contribution in [3.63, 3.8) is 0 Å². The average molecular weight is 255 g/mol. The first-order valence-electron chi connectivity index (χ1n) is 6.49. The molecule has 0 aliphatic carbocycles. The van der Waals surface area contributed by atoms with Crippen LogP contribution in [0.4, 0.5) is 8.78 Å². The highest BCUT2D eigenvalue weighted by Crippen LogP contribution is 2.22. The number of rotatable bonds is 4. The SMILES string of the molecule is OCCC1CCCCN1Cc1cc(F)cc(F)c1. The van der Waals surface area contributed by atoms with Gasteiger partial charge in [-0.25, -0.2) is 8.78 Å². The van der Waals surface area contributed by atoms with Crippen LogP contribution in [0.3, 0.4) is 0 Å². The van der Waals surface area contributed by atoms with Gasteiger partial charge < -0.3 is 5.11 Å². The molecular formula is C14H19F2NO. The average Bonchev–Trinajstić information content (AvgIpc) is 2.30. The fourth-order valence-corrected chi connectivity index (χ4v) is 2.68. The van der Waals surface area contributed by atoms with Gasteiger partial charge in [-0.1, -0.05) is 6.42 Å². The van der Waals surface area contributed by atoms with Gasteiger partial charge in [0.15, 0.2) is 0 Å². The summed E-state index contributed by atoms with van der Waals surface area (Å²) >= 11 is 0. The molecule has 100 valence electrons. The first-order valence-corrected chi connectivity index (χ1v) is 6.49. The van der Waals surface area contributed by atoms with Crippen LogP contribution in [0.1, 0.15) is 31.2 Å². The molecular weight excluding hydrogens is 236 g/mol. The highest BCUT2D eigenvalue weighted by Gasteiger charge is 2.22. The van der Waals surface area contributed by atoms with E-state index < -0.39 is 11.6 Å². The Labute approximate surface area is 106 Å². The molecule has 1 atom stereocenters. The fourth-order valence-electron chi connectivity index (χ4n) is 2.68. The third kappa shape index (κ3) is 3.50. The molecule has 0 saturated carbocycles. The molecule has 1 saturated heterocycles. The van der Waals surface area contributed by atoms with Gasteiger partial charge in [-0.05, 0) is 43.5 Å². The molecule has 1 aromatic rings. The fraction of sp³-hybridized carbons (Fsp3) is 0.571. The number of piperidine rings is 1. The highest BCUT2D eigenvalue weighted by atomic mass is 19.1. The zero-order valence-electron chi connectivity index (χ0n) is 10.4. The minimum absolute atomic E-state index is 0.165. The minimum Gasteiger partial charge on any atom is -0.396 e. The van der Waals surface area contributed by atoms with E-state index >= 15 is 0 Å². The first-order chi connectivity index (χ1) is 8.69. The molecule has 1 fully saturated rings. The number of nitrogens with zero attached hydrogens (tertiary/aromatic N) is 1. The molecule has 0 spiro atoms. The molecule has 18 heavy (non-hydrogen) atoms. The van der Waals surface area contributed by atoms with E-state index in [1.165, 1.54) is 18.6 Å². The smallest absolute Gasteiger partial charge is 0.126 e. The summed E-state index contributed by atoms with van der Waals surface area (Å²) in [6, 6.07) is 3.99. The molecule has 0 bridgehead atoms. The number of benzene rings is 1. The van der Waals surface area contributed by atoms with Crippen molar-refractivity contribution >= 4 is 0 Å². The predicted molar refractivity (Wildman–Crippen MR) is 66.1 cm³/mol. The lowest BCUT2D eigenvalue weighted by atomic mass is 9.99. The van der Waals surface area contributed by atoms with E-state index in [-0.39, 0.29) is 6.61 Å². The predicted octanol–water partition coefficient (Wildman–Crippen LogP) is 2.70. The maximum Gasteiger partial charge on any atom is 0.126 e. The highest BCUT2D eigenvalue weighted by molar-refractivity contribution is 5.18. The molecule has 1 unspecified atom stereocenters. The molecule has 1 heterocycles. The van der Waals surface area contributed by atoms with Crippen molar-refractivity contribution in [3.05, 3.63) is 35.4 Å². The monoisotopic (exact) mass is 255 g/mol. The molecule has 0 aromatic heterocycles. The van der Waals surface area contributed by atoms with Crippen molar-refractivity contribution < 1.29 is 13.9 Å². The number of likely N-dealkylation sites (tertiary alicyclic amines) is 1. The van der Waals surface area contributed by atoms with Crippen LogP contribution in [-0.4, -0.2) is 29.2 Å². The van der Waals surface area contributed by atoms with Gasteiger partial charge in [-0.2, -0.15) is 0 Å². The van der Waals surface area contributed by atoms with E-state index in [0.29, 0.717) is 18.2 Å². The molecule has 1 aliphatic heterocycles. The number of hydrogen-bond donors (Lipinski definition) is 1. The zero-order chi connectivity index (χ0) is 13.0. The number of hydrogen-bond acceptors (Lipinski definition) is 2. The molecule has 4 heteroatoms. The summed E-state index contributed by atoms with van der Waals surface area (Å²) in [5, 5.41) is 9.04. The second kappa shape index (κ2) is 6.25. The number of aliphatic hydroxyl groups is 1. The summed E-state index contributed by atoms with van der Waals surface area (Å²) in [5.74, 6) is -1.05. The van der Waals surface area contributed by atoms with E-state index in [1.807, 2.05) is 0 Å². The third-order valence-corrected chi connectivity index (χ3v) is 3.52. The topological polar surface area (TPSA) is 23.5 Å². The molecule has 2 rings (SSSR count). The Morgan fingerprint density at radius 2 is 1.89 bits per heavy atom. The molecule has 0 radical (unpaired) electrons. The van der Waals surface area contributed by atoms with Gasteiger partial charge >= 0.3 is 0 Å². The zero-order valence-corrected chi connectivity index (χ0v) is 10.4. The largest absolute Gasteiger partial charge is 0.396 e. The maximum atomic E-state index is 13.1. The lowest BCUT2D eigenvalue weighted by Crippen LogP contribution is -2.39. The van der Waals surface area contributed by atoms with Gasteiger partial charge in [0, 0.05) is 25.3 Å². The summed E-state index contributed by atoms with van der Waals surface area (Å²) in [5.41, 5.74) is 0.664. The molecule has 1 N–H and O–H groups in total. The lowest BCUT2D eigenvalue weighted by Gasteiger charge is -2.35. The van der Waals surface area contributed by atoms with Gasteiger partial charge in [-0.3, -0.25) is 4.90 Å². The number of halogens is 2. The van der Waals surface area contributed by atoms with Gasteiger partial charge in [0.2, 0.25) is 0 Å². The van der Waals surface area contributed by atoms with E-state index in [4.69, 9.17) is 5.11 Å². The second-order valence-corrected chi connectivity index (χ2v) is 4.91. The molecule has 0 amide bonds. The Kier molecular flexibility index (Phi) is 4.66. The third-order valence-electron chi connectivity index (χ3n) is 3.52. The Morgan fingerprint density at radius 3 is 2.56 bits per heavy atom. The van der Waals surface area contributed by atoms with Crippen LogP contribution in [0.5, 0.6) is 0 Å². The van der Waals surface area contributed by atoms with E-state index in [0.717, 1.165) is 31.9 Å². The Morgan fingerprint density at radius 1 is 1.17 bits per heavy atom. The van der Waals surface area contributed by atoms with Crippen LogP contribution in [-0.2, 0) is 6.54 Å². The minimum atomic E-state index is -0.527. The quantitative estimate of drug-likeness (QED) is 0.894. The molecule has 1 aliphatic rings. The number of aliphatic hydroxyl groups excluding tert-OH is 1. The summed E-state index contributed by atoms with van der Waals surface area (Å²) in [7, 11) is 0. The van der Waals surface area contributed by atoms with Crippen LogP contribution in [0.2, 0.25) is 0 Å². The summed E-state index contributed by atoms with van der Waals surface area (Å²) in [6.45, 7) is 1.65. The van der Waals surface area contributed by atoms with Crippen molar-refractivity contribution in [2.24, 2.45) is 0 Å². The van der Waals surface area contributed by atoms with Gasteiger partial charge in [0.1, 0.15) is 11.6 Å². The summed E-state index contributed by atoms with van der Waals surface area (Å²) in [6.07, 6.45) is 4.06. The van der Waals surface area contributed by atoms with Crippen LogP contribution in [0, 0.1) is 11.6 Å². The van der Waals surface area contributed by atoms with Crippen LogP contribution >= 0.6 is 0 Å². The Balaban J connectivity index is 2.05. The normalized spacial score (nSPS) is 21.2. The lowest BCUT2D eigenvalue weighted by molar-refractivity contribution is 0.112. The van der Waals surface area contributed by atoms with E-state index in [1.54, 1.807) is 0 Å².